The summed E-state index contributed by atoms with van der Waals surface area (Å²) in [5.74, 6) is 0.519. The lowest BCUT2D eigenvalue weighted by atomic mass is 10.0. The molecule has 0 saturated carbocycles. The number of benzene rings is 1. The highest BCUT2D eigenvalue weighted by Gasteiger charge is 2.25. The number of nitrogens with zero attached hydrogens (tertiary/aromatic N) is 2. The number of aliphatic hydroxyl groups excluding tert-OH is 1. The van der Waals surface area contributed by atoms with Crippen LogP contribution in [0.25, 0.3) is 22.2 Å². The summed E-state index contributed by atoms with van der Waals surface area (Å²) < 4.78 is 12.8. The molecule has 0 saturated heterocycles. The van der Waals surface area contributed by atoms with Gasteiger partial charge >= 0.3 is 0 Å². The van der Waals surface area contributed by atoms with Crippen molar-refractivity contribution in [2.75, 3.05) is 25.3 Å². The van der Waals surface area contributed by atoms with Crippen molar-refractivity contribution in [1.82, 2.24) is 15.0 Å². The van der Waals surface area contributed by atoms with Gasteiger partial charge in [-0.2, -0.15) is 0 Å². The number of aromatic nitrogens is 3. The fourth-order valence-corrected chi connectivity index (χ4v) is 4.92. The molecule has 4 rings (SSSR count). The molecule has 1 aliphatic carbocycles. The highest BCUT2D eigenvalue weighted by Crippen LogP contribution is 2.42. The largest absolute Gasteiger partial charge is 0.394 e. The first kappa shape index (κ1) is 18.2. The van der Waals surface area contributed by atoms with Crippen LogP contribution in [0.2, 0.25) is 0 Å². The van der Waals surface area contributed by atoms with Crippen molar-refractivity contribution in [2.24, 2.45) is 0 Å². The van der Waals surface area contributed by atoms with Crippen LogP contribution in [0, 0.1) is 0 Å². The van der Waals surface area contributed by atoms with Crippen LogP contribution >= 0.6 is 7.14 Å². The van der Waals surface area contributed by atoms with Crippen molar-refractivity contribution in [3.63, 3.8) is 0 Å². The molecule has 0 bridgehead atoms. The third kappa shape index (κ3) is 3.28. The van der Waals surface area contributed by atoms with Gasteiger partial charge < -0.3 is 20.0 Å². The van der Waals surface area contributed by atoms with E-state index in [4.69, 9.17) is 4.98 Å². The van der Waals surface area contributed by atoms with E-state index in [2.05, 4.69) is 21.4 Å². The molecule has 3 aromatic rings. The number of fused-ring (bicyclic) bond motifs is 5. The van der Waals surface area contributed by atoms with Crippen molar-refractivity contribution in [1.29, 1.82) is 0 Å². The number of hydrogen-bond acceptors (Lipinski definition) is 5. The van der Waals surface area contributed by atoms with Gasteiger partial charge in [-0.05, 0) is 51.1 Å². The molecule has 0 aliphatic heterocycles. The molecule has 142 valence electrons. The van der Waals surface area contributed by atoms with Gasteiger partial charge in [0.2, 0.25) is 5.95 Å². The van der Waals surface area contributed by atoms with Gasteiger partial charge in [-0.15, -0.1) is 0 Å². The summed E-state index contributed by atoms with van der Waals surface area (Å²) in [4.78, 5) is 12.8. The zero-order valence-corrected chi connectivity index (χ0v) is 16.8. The van der Waals surface area contributed by atoms with Crippen LogP contribution in [-0.2, 0) is 17.4 Å². The molecule has 0 fully saturated rings. The van der Waals surface area contributed by atoms with Crippen LogP contribution in [0.4, 0.5) is 5.95 Å². The highest BCUT2D eigenvalue weighted by atomic mass is 31.2. The lowest BCUT2D eigenvalue weighted by Crippen LogP contribution is -2.21. The van der Waals surface area contributed by atoms with Crippen molar-refractivity contribution < 1.29 is 9.67 Å². The zero-order chi connectivity index (χ0) is 19.2. The maximum Gasteiger partial charge on any atom is 0.223 e. The second-order valence-corrected chi connectivity index (χ2v) is 10.9. The van der Waals surface area contributed by atoms with E-state index in [9.17, 15) is 9.67 Å². The summed E-state index contributed by atoms with van der Waals surface area (Å²) in [7, 11) is -2.40. The first-order valence-electron chi connectivity index (χ1n) is 9.31. The second kappa shape index (κ2) is 6.77. The van der Waals surface area contributed by atoms with Gasteiger partial charge in [0.15, 0.2) is 0 Å². The first-order valence-corrected chi connectivity index (χ1v) is 11.9. The number of hydrogen-bond donors (Lipinski definition) is 3. The lowest BCUT2D eigenvalue weighted by molar-refractivity contribution is 0.281. The number of aryl methyl sites for hydroxylation is 2. The Bertz CT molecular complexity index is 1050. The molecular weight excluding hydrogens is 359 g/mol. The Morgan fingerprint density at radius 2 is 2.15 bits per heavy atom. The molecule has 0 spiro atoms. The Morgan fingerprint density at radius 1 is 1.33 bits per heavy atom. The van der Waals surface area contributed by atoms with Gasteiger partial charge in [-0.25, -0.2) is 9.97 Å². The van der Waals surface area contributed by atoms with Crippen LogP contribution in [0.15, 0.2) is 24.4 Å². The SMILES string of the molecule is C[C@H](CO)Nc1ncc2c(n1)-c1c([nH]c3c(P(C)(C)=O)cccc13)CCC2. The van der Waals surface area contributed by atoms with Crippen molar-refractivity contribution in [3.05, 3.63) is 35.7 Å². The molecule has 1 aromatic carbocycles. The Hall–Kier alpha value is -2.17. The topological polar surface area (TPSA) is 90.9 Å². The Morgan fingerprint density at radius 3 is 2.89 bits per heavy atom. The van der Waals surface area contributed by atoms with E-state index in [-0.39, 0.29) is 12.6 Å². The summed E-state index contributed by atoms with van der Waals surface area (Å²) >= 11 is 0. The average Bonchev–Trinajstić information content (AvgIpc) is 2.90. The molecule has 1 atom stereocenters. The van der Waals surface area contributed by atoms with Gasteiger partial charge in [0.05, 0.1) is 17.8 Å². The summed E-state index contributed by atoms with van der Waals surface area (Å²) in [5.41, 5.74) is 5.24. The number of nitrogens with one attached hydrogen (secondary N) is 2. The number of anilines is 1. The molecule has 0 radical (unpaired) electrons. The molecule has 0 amide bonds. The van der Waals surface area contributed by atoms with E-state index in [0.717, 1.165) is 58.0 Å². The summed E-state index contributed by atoms with van der Waals surface area (Å²) in [6.07, 6.45) is 4.75. The monoisotopic (exact) mass is 384 g/mol. The molecule has 2 heterocycles. The first-order chi connectivity index (χ1) is 12.9. The number of para-hydroxylation sites is 1. The van der Waals surface area contributed by atoms with Gasteiger partial charge in [-0.1, -0.05) is 12.1 Å². The zero-order valence-electron chi connectivity index (χ0n) is 15.9. The molecule has 0 unspecified atom stereocenters. The van der Waals surface area contributed by atoms with Crippen molar-refractivity contribution >= 4 is 29.3 Å². The van der Waals surface area contributed by atoms with E-state index >= 15 is 0 Å². The molecule has 27 heavy (non-hydrogen) atoms. The normalized spacial score (nSPS) is 15.1. The maximum absolute atomic E-state index is 12.8. The number of rotatable bonds is 4. The van der Waals surface area contributed by atoms with E-state index in [1.54, 1.807) is 0 Å². The van der Waals surface area contributed by atoms with Gasteiger partial charge in [0, 0.05) is 34.2 Å². The van der Waals surface area contributed by atoms with Gasteiger partial charge in [-0.3, -0.25) is 0 Å². The lowest BCUT2D eigenvalue weighted by Gasteiger charge is -2.13. The number of aliphatic hydroxyl groups is 1. The molecular formula is C20H25N4O2P. The summed E-state index contributed by atoms with van der Waals surface area (Å²) in [5, 5.41) is 14.4. The Balaban J connectivity index is 1.94. The predicted molar refractivity (Wildman–Crippen MR) is 111 cm³/mol. The third-order valence-corrected chi connectivity index (χ3v) is 6.63. The van der Waals surface area contributed by atoms with Crippen LogP contribution in [-0.4, -0.2) is 46.0 Å². The second-order valence-electron chi connectivity index (χ2n) is 7.68. The van der Waals surface area contributed by atoms with E-state index in [1.165, 1.54) is 0 Å². The molecule has 2 aromatic heterocycles. The Kier molecular flexibility index (Phi) is 4.57. The molecule has 3 N–H and O–H groups in total. The smallest absolute Gasteiger partial charge is 0.223 e. The summed E-state index contributed by atoms with van der Waals surface area (Å²) in [6.45, 7) is 5.52. The minimum atomic E-state index is -2.40. The Labute approximate surface area is 158 Å². The fraction of sp³-hybridized carbons (Fsp3) is 0.400. The fourth-order valence-electron chi connectivity index (χ4n) is 3.76. The van der Waals surface area contributed by atoms with E-state index in [1.807, 2.05) is 38.6 Å². The van der Waals surface area contributed by atoms with Gasteiger partial charge in [0.25, 0.3) is 0 Å². The summed E-state index contributed by atoms with van der Waals surface area (Å²) in [6, 6.07) is 5.89. The van der Waals surface area contributed by atoms with Gasteiger partial charge in [0.1, 0.15) is 7.14 Å². The van der Waals surface area contributed by atoms with E-state index < -0.39 is 7.14 Å². The van der Waals surface area contributed by atoms with Crippen LogP contribution in [0.5, 0.6) is 0 Å². The van der Waals surface area contributed by atoms with Crippen LogP contribution in [0.3, 0.4) is 0 Å². The molecule has 7 heteroatoms. The van der Waals surface area contributed by atoms with E-state index in [0.29, 0.717) is 5.95 Å². The average molecular weight is 384 g/mol. The number of H-pyrrole nitrogens is 1. The minimum Gasteiger partial charge on any atom is -0.394 e. The van der Waals surface area contributed by atoms with Crippen LogP contribution in [0.1, 0.15) is 24.6 Å². The third-order valence-electron chi connectivity index (χ3n) is 5.09. The van der Waals surface area contributed by atoms with Crippen LogP contribution < -0.4 is 10.6 Å². The maximum atomic E-state index is 12.8. The molecule has 1 aliphatic rings. The molecule has 6 nitrogen and oxygen atoms in total. The standard InChI is InChI=1S/C20H25N4O2P/c1-12(11-25)22-20-21-10-13-6-4-8-15-17(18(13)24-20)14-7-5-9-16(19(14)23-15)27(2,3)26/h5,7,9-10,12,23,25H,4,6,8,11H2,1-3H3,(H,21,22,24)/t12-/m1/s1. The quantitative estimate of drug-likeness (QED) is 0.601. The predicted octanol–water partition coefficient (Wildman–Crippen LogP) is 3.15. The minimum absolute atomic E-state index is 0.0183. The van der Waals surface area contributed by atoms with Crippen molar-refractivity contribution in [3.8, 4) is 11.3 Å². The van der Waals surface area contributed by atoms with Crippen molar-refractivity contribution in [2.45, 2.75) is 32.2 Å². The number of aromatic amines is 1. The highest BCUT2D eigenvalue weighted by molar-refractivity contribution is 7.70.